The molecule has 1 aromatic heterocycles. The Bertz CT molecular complexity index is 1460. The molecule has 2 bridgehead atoms. The average Bonchev–Trinajstić information content (AvgIpc) is 3.21. The Morgan fingerprint density at radius 3 is 2.13 bits per heavy atom. The normalized spacial score (nSPS) is 34.0. The number of nitrogens with zero attached hydrogens (tertiary/aromatic N) is 1. The van der Waals surface area contributed by atoms with Crippen molar-refractivity contribution >= 4 is 29.6 Å². The number of carboxylic acid groups (broad SMARTS) is 1. The summed E-state index contributed by atoms with van der Waals surface area (Å²) >= 11 is 0. The third-order valence-corrected chi connectivity index (χ3v) is 13.4. The molecule has 2 aliphatic heterocycles. The number of carboxylic acids is 1. The SMILES string of the molecule is O=C1COC2CCC(CC2)CC(C(=O)O)NC(=O)C(C=CC2CCC(c3ccncc3)CC2)NC(=O)C(CC2CCC(C3CCCCC3)CC2)NC(=O)CN1. The summed E-state index contributed by atoms with van der Waals surface area (Å²) in [7, 11) is 0. The minimum Gasteiger partial charge on any atom is -0.480 e. The predicted molar refractivity (Wildman–Crippen MR) is 207 cm³/mol. The minimum atomic E-state index is -1.13. The van der Waals surface area contributed by atoms with Crippen molar-refractivity contribution in [3.05, 3.63) is 42.2 Å². The van der Waals surface area contributed by atoms with Crippen LogP contribution in [0.5, 0.6) is 0 Å². The zero-order chi connectivity index (χ0) is 38.6. The molecule has 7 rings (SSSR count). The first-order valence-corrected chi connectivity index (χ1v) is 21.3. The largest absolute Gasteiger partial charge is 0.480 e. The quantitative estimate of drug-likeness (QED) is 0.183. The lowest BCUT2D eigenvalue weighted by atomic mass is 9.70. The van der Waals surface area contributed by atoms with Crippen LogP contribution in [0.2, 0.25) is 0 Å². The van der Waals surface area contributed by atoms with Gasteiger partial charge in [-0.3, -0.25) is 24.2 Å². The van der Waals surface area contributed by atoms with Gasteiger partial charge in [-0.05, 0) is 130 Å². The van der Waals surface area contributed by atoms with Crippen molar-refractivity contribution in [3.8, 4) is 0 Å². The molecule has 0 spiro atoms. The number of allylic oxidation sites excluding steroid dienone is 1. The van der Waals surface area contributed by atoms with Gasteiger partial charge >= 0.3 is 5.97 Å². The fourth-order valence-electron chi connectivity index (χ4n) is 10.1. The van der Waals surface area contributed by atoms with Crippen LogP contribution in [0.3, 0.4) is 0 Å². The highest BCUT2D eigenvalue weighted by molar-refractivity contribution is 5.95. The maximum absolute atomic E-state index is 14.2. The van der Waals surface area contributed by atoms with Crippen LogP contribution in [0.4, 0.5) is 0 Å². The van der Waals surface area contributed by atoms with Gasteiger partial charge in [-0.2, -0.15) is 0 Å². The van der Waals surface area contributed by atoms with Crippen LogP contribution in [0, 0.1) is 29.6 Å². The zero-order valence-corrected chi connectivity index (χ0v) is 32.4. The number of fused-ring (bicyclic) bond motifs is 16. The molecule has 4 saturated carbocycles. The standard InChI is InChI=1S/C43H63N5O7/c49-39-26-45-40(50)27-55-35-17-10-30(11-18-35)25-38(43(53)54)48-41(51)36(19-12-28-6-13-33(14-7-28)34-20-22-44-23-21-34)47-42(52)37(46-39)24-29-8-15-32(16-9-29)31-4-2-1-3-5-31/h12,19-23,28-33,35-38H,1-11,13-18,24-27H2,(H,45,50)(H,46,49)(H,47,52)(H,48,51)(H,53,54). The van der Waals surface area contributed by atoms with E-state index in [-0.39, 0.29) is 43.4 Å². The molecule has 0 aromatic carbocycles. The Balaban J connectivity index is 1.18. The van der Waals surface area contributed by atoms with Gasteiger partial charge in [0.05, 0.1) is 12.6 Å². The van der Waals surface area contributed by atoms with Gasteiger partial charge in [0.2, 0.25) is 23.6 Å². The minimum absolute atomic E-state index is 0.0655. The number of nitrogens with one attached hydrogen (secondary N) is 4. The van der Waals surface area contributed by atoms with Crippen molar-refractivity contribution in [1.82, 2.24) is 26.3 Å². The summed E-state index contributed by atoms with van der Waals surface area (Å²) in [5.41, 5.74) is 1.28. The first kappa shape index (κ1) is 40.9. The van der Waals surface area contributed by atoms with Crippen LogP contribution in [0.1, 0.15) is 133 Å². The molecule has 3 atom stereocenters. The van der Waals surface area contributed by atoms with Gasteiger partial charge in [-0.1, -0.05) is 57.1 Å². The number of carbonyl (C=O) groups is 5. The second-order valence-corrected chi connectivity index (χ2v) is 17.2. The highest BCUT2D eigenvalue weighted by Gasteiger charge is 2.35. The number of carbonyl (C=O) groups excluding carboxylic acids is 4. The van der Waals surface area contributed by atoms with Crippen molar-refractivity contribution in [1.29, 1.82) is 0 Å². The van der Waals surface area contributed by atoms with E-state index in [1.54, 1.807) is 6.08 Å². The monoisotopic (exact) mass is 761 g/mol. The van der Waals surface area contributed by atoms with Gasteiger partial charge in [0, 0.05) is 12.4 Å². The van der Waals surface area contributed by atoms with Crippen molar-refractivity contribution in [3.63, 3.8) is 0 Å². The average molecular weight is 762 g/mol. The molecule has 5 N–H and O–H groups in total. The highest BCUT2D eigenvalue weighted by Crippen LogP contribution is 2.41. The topological polar surface area (TPSA) is 176 Å². The number of aliphatic carboxylic acids is 1. The van der Waals surface area contributed by atoms with Gasteiger partial charge < -0.3 is 31.1 Å². The molecule has 3 unspecified atom stereocenters. The van der Waals surface area contributed by atoms with E-state index in [0.29, 0.717) is 43.9 Å². The Hall–Kier alpha value is -3.80. The molecular weight excluding hydrogens is 699 g/mol. The lowest BCUT2D eigenvalue weighted by molar-refractivity contribution is -0.142. The van der Waals surface area contributed by atoms with Crippen molar-refractivity contribution < 1.29 is 33.8 Å². The lowest BCUT2D eigenvalue weighted by Crippen LogP contribution is -2.56. The Labute approximate surface area is 326 Å². The highest BCUT2D eigenvalue weighted by atomic mass is 16.5. The van der Waals surface area contributed by atoms with E-state index in [2.05, 4.69) is 38.4 Å². The Morgan fingerprint density at radius 2 is 1.44 bits per heavy atom. The fourth-order valence-corrected chi connectivity index (χ4v) is 10.1. The number of aromatic nitrogens is 1. The number of ether oxygens (including phenoxy) is 1. The van der Waals surface area contributed by atoms with E-state index in [1.165, 1.54) is 37.7 Å². The summed E-state index contributed by atoms with van der Waals surface area (Å²) < 4.78 is 5.84. The third-order valence-electron chi connectivity index (χ3n) is 13.4. The maximum atomic E-state index is 14.2. The molecule has 302 valence electrons. The number of rotatable bonds is 7. The van der Waals surface area contributed by atoms with Gasteiger partial charge in [0.25, 0.3) is 0 Å². The summed E-state index contributed by atoms with van der Waals surface area (Å²) in [4.78, 5) is 70.8. The molecule has 4 aliphatic carbocycles. The first-order valence-electron chi connectivity index (χ1n) is 21.3. The number of hydrogen-bond donors (Lipinski definition) is 5. The second-order valence-electron chi connectivity index (χ2n) is 17.2. The molecule has 0 radical (unpaired) electrons. The van der Waals surface area contributed by atoms with E-state index in [1.807, 2.05) is 18.5 Å². The Kier molecular flexibility index (Phi) is 15.1. The van der Waals surface area contributed by atoms with Crippen LogP contribution < -0.4 is 21.3 Å². The van der Waals surface area contributed by atoms with E-state index in [9.17, 15) is 29.1 Å². The fraction of sp³-hybridized carbons (Fsp3) is 0.721. The summed E-state index contributed by atoms with van der Waals surface area (Å²) in [6.07, 6.45) is 25.2. The van der Waals surface area contributed by atoms with Gasteiger partial charge in [-0.15, -0.1) is 0 Å². The van der Waals surface area contributed by atoms with E-state index < -0.39 is 47.7 Å². The number of hydrogen-bond acceptors (Lipinski definition) is 7. The molecule has 1 aromatic rings. The van der Waals surface area contributed by atoms with Gasteiger partial charge in [0.1, 0.15) is 24.7 Å². The van der Waals surface area contributed by atoms with E-state index in [0.717, 1.165) is 57.3 Å². The van der Waals surface area contributed by atoms with Crippen molar-refractivity contribution in [2.45, 2.75) is 152 Å². The molecule has 4 amide bonds. The first-order chi connectivity index (χ1) is 26.7. The lowest BCUT2D eigenvalue weighted by Gasteiger charge is -2.36. The molecule has 3 heterocycles. The maximum Gasteiger partial charge on any atom is 0.326 e. The van der Waals surface area contributed by atoms with Crippen LogP contribution in [-0.4, -0.2) is 77.1 Å². The smallest absolute Gasteiger partial charge is 0.326 e. The molecule has 12 nitrogen and oxygen atoms in total. The summed E-state index contributed by atoms with van der Waals surface area (Å²) in [6, 6.07) is 0.952. The van der Waals surface area contributed by atoms with Gasteiger partial charge in [0.15, 0.2) is 0 Å². The molecule has 6 aliphatic rings. The molecule has 55 heavy (non-hydrogen) atoms. The molecule has 2 saturated heterocycles. The zero-order valence-electron chi connectivity index (χ0n) is 32.4. The predicted octanol–water partition coefficient (Wildman–Crippen LogP) is 5.32. The second kappa shape index (κ2) is 20.4. The van der Waals surface area contributed by atoms with Gasteiger partial charge in [-0.25, -0.2) is 4.79 Å². The van der Waals surface area contributed by atoms with Crippen molar-refractivity contribution in [2.24, 2.45) is 29.6 Å². The van der Waals surface area contributed by atoms with Crippen molar-refractivity contribution in [2.75, 3.05) is 13.2 Å². The van der Waals surface area contributed by atoms with E-state index >= 15 is 0 Å². The van der Waals surface area contributed by atoms with E-state index in [4.69, 9.17) is 4.74 Å². The molecular formula is C43H63N5O7. The van der Waals surface area contributed by atoms with Crippen LogP contribution in [0.25, 0.3) is 0 Å². The van der Waals surface area contributed by atoms with Crippen LogP contribution in [0.15, 0.2) is 36.7 Å². The number of pyridine rings is 1. The number of amides is 4. The summed E-state index contributed by atoms with van der Waals surface area (Å²) in [5, 5.41) is 21.4. The van der Waals surface area contributed by atoms with Crippen LogP contribution >= 0.6 is 0 Å². The summed E-state index contributed by atoms with van der Waals surface area (Å²) in [6.45, 7) is -0.469. The molecule has 12 heteroatoms. The molecule has 6 fully saturated rings. The third kappa shape index (κ3) is 12.3. The van der Waals surface area contributed by atoms with Crippen LogP contribution in [-0.2, 0) is 28.7 Å². The summed E-state index contributed by atoms with van der Waals surface area (Å²) in [5.74, 6) is -0.654. The Morgan fingerprint density at radius 1 is 0.745 bits per heavy atom.